The third-order valence-corrected chi connectivity index (χ3v) is 4.55. The Morgan fingerprint density at radius 1 is 1.00 bits per heavy atom. The number of fused-ring (bicyclic) bond motifs is 2. The number of hydrogen-bond donors (Lipinski definition) is 0. The molecule has 0 N–H and O–H groups in total. The highest BCUT2D eigenvalue weighted by Gasteiger charge is 2.16. The number of aryl methyl sites for hydroxylation is 1. The van der Waals surface area contributed by atoms with Crippen LogP contribution < -0.4 is 10.5 Å². The molecule has 0 amide bonds. The first kappa shape index (κ1) is 14.0. The summed E-state index contributed by atoms with van der Waals surface area (Å²) in [5.41, 5.74) is 2.69. The molecule has 3 aromatic rings. The SMILES string of the molecule is O=c1c2ccccc2cnn1CCN1CCCc2ccccc21. The van der Waals surface area contributed by atoms with E-state index in [-0.39, 0.29) is 5.56 Å². The Kier molecular flexibility index (Phi) is 3.58. The lowest BCUT2D eigenvalue weighted by Gasteiger charge is -2.31. The Hall–Kier alpha value is -2.62. The third-order valence-electron chi connectivity index (χ3n) is 4.55. The maximum atomic E-state index is 12.5. The van der Waals surface area contributed by atoms with Crippen molar-refractivity contribution in [2.75, 3.05) is 18.0 Å². The van der Waals surface area contributed by atoms with Crippen molar-refractivity contribution in [1.82, 2.24) is 9.78 Å². The summed E-state index contributed by atoms with van der Waals surface area (Å²) in [6.07, 6.45) is 4.08. The first-order valence-corrected chi connectivity index (χ1v) is 8.11. The summed E-state index contributed by atoms with van der Waals surface area (Å²) in [7, 11) is 0. The fraction of sp³-hybridized carbons (Fsp3) is 0.263. The third kappa shape index (κ3) is 2.61. The fourth-order valence-corrected chi connectivity index (χ4v) is 3.35. The van der Waals surface area contributed by atoms with Gasteiger partial charge in [-0.3, -0.25) is 4.79 Å². The van der Waals surface area contributed by atoms with Crippen LogP contribution in [0, 0.1) is 0 Å². The molecule has 1 aromatic heterocycles. The van der Waals surface area contributed by atoms with Gasteiger partial charge in [0.1, 0.15) is 0 Å². The molecule has 0 saturated heterocycles. The lowest BCUT2D eigenvalue weighted by atomic mass is 10.0. The summed E-state index contributed by atoms with van der Waals surface area (Å²) in [6, 6.07) is 16.2. The summed E-state index contributed by atoms with van der Waals surface area (Å²) in [5, 5.41) is 5.96. The van der Waals surface area contributed by atoms with Crippen molar-refractivity contribution >= 4 is 16.5 Å². The number of para-hydroxylation sites is 1. The van der Waals surface area contributed by atoms with Gasteiger partial charge in [-0.1, -0.05) is 36.4 Å². The van der Waals surface area contributed by atoms with Crippen molar-refractivity contribution in [3.63, 3.8) is 0 Å². The van der Waals surface area contributed by atoms with E-state index in [4.69, 9.17) is 0 Å². The lowest BCUT2D eigenvalue weighted by molar-refractivity contribution is 0.558. The maximum Gasteiger partial charge on any atom is 0.274 e. The normalized spacial score (nSPS) is 14.0. The van der Waals surface area contributed by atoms with E-state index in [9.17, 15) is 4.79 Å². The van der Waals surface area contributed by atoms with Gasteiger partial charge in [-0.25, -0.2) is 4.68 Å². The van der Waals surface area contributed by atoms with Crippen molar-refractivity contribution in [3.05, 3.63) is 70.6 Å². The molecule has 0 aliphatic carbocycles. The van der Waals surface area contributed by atoms with E-state index in [1.54, 1.807) is 10.9 Å². The molecule has 2 aromatic carbocycles. The van der Waals surface area contributed by atoms with Crippen LogP contribution in [0.3, 0.4) is 0 Å². The van der Waals surface area contributed by atoms with Gasteiger partial charge in [0, 0.05) is 24.2 Å². The summed E-state index contributed by atoms with van der Waals surface area (Å²) < 4.78 is 1.58. The van der Waals surface area contributed by atoms with Gasteiger partial charge in [-0.2, -0.15) is 5.10 Å². The maximum absolute atomic E-state index is 12.5. The number of hydrogen-bond acceptors (Lipinski definition) is 3. The van der Waals surface area contributed by atoms with Crippen molar-refractivity contribution in [2.45, 2.75) is 19.4 Å². The van der Waals surface area contributed by atoms with Crippen LogP contribution in [0.2, 0.25) is 0 Å². The van der Waals surface area contributed by atoms with Crippen LogP contribution >= 0.6 is 0 Å². The largest absolute Gasteiger partial charge is 0.369 e. The number of aromatic nitrogens is 2. The van der Waals surface area contributed by atoms with Crippen molar-refractivity contribution in [2.24, 2.45) is 0 Å². The van der Waals surface area contributed by atoms with Gasteiger partial charge in [0.2, 0.25) is 0 Å². The van der Waals surface area contributed by atoms with Gasteiger partial charge < -0.3 is 4.90 Å². The van der Waals surface area contributed by atoms with Crippen molar-refractivity contribution < 1.29 is 0 Å². The minimum atomic E-state index is -0.00612. The zero-order valence-corrected chi connectivity index (χ0v) is 13.0. The zero-order valence-electron chi connectivity index (χ0n) is 13.0. The second-order valence-corrected chi connectivity index (χ2v) is 5.98. The molecule has 0 atom stereocenters. The summed E-state index contributed by atoms with van der Waals surface area (Å²) >= 11 is 0. The fourth-order valence-electron chi connectivity index (χ4n) is 3.35. The average molecular weight is 305 g/mol. The molecule has 0 bridgehead atoms. The van der Waals surface area contributed by atoms with E-state index < -0.39 is 0 Å². The van der Waals surface area contributed by atoms with Gasteiger partial charge in [0.15, 0.2) is 0 Å². The molecular formula is C19H19N3O. The highest BCUT2D eigenvalue weighted by Crippen LogP contribution is 2.26. The highest BCUT2D eigenvalue weighted by molar-refractivity contribution is 5.80. The van der Waals surface area contributed by atoms with Gasteiger partial charge in [-0.15, -0.1) is 0 Å². The molecule has 0 radical (unpaired) electrons. The number of anilines is 1. The van der Waals surface area contributed by atoms with Gasteiger partial charge >= 0.3 is 0 Å². The van der Waals surface area contributed by atoms with E-state index in [1.165, 1.54) is 11.3 Å². The van der Waals surface area contributed by atoms with Crippen LogP contribution in [0.25, 0.3) is 10.8 Å². The van der Waals surface area contributed by atoms with E-state index in [1.807, 2.05) is 24.3 Å². The zero-order chi connectivity index (χ0) is 15.6. The topological polar surface area (TPSA) is 38.1 Å². The smallest absolute Gasteiger partial charge is 0.274 e. The molecule has 0 spiro atoms. The molecule has 4 heteroatoms. The first-order chi connectivity index (χ1) is 11.3. The number of rotatable bonds is 3. The highest BCUT2D eigenvalue weighted by atomic mass is 16.1. The molecule has 23 heavy (non-hydrogen) atoms. The molecule has 116 valence electrons. The van der Waals surface area contributed by atoms with Crippen LogP contribution in [0.5, 0.6) is 0 Å². The molecule has 1 aliphatic rings. The Morgan fingerprint density at radius 2 is 1.83 bits per heavy atom. The minimum Gasteiger partial charge on any atom is -0.369 e. The second-order valence-electron chi connectivity index (χ2n) is 5.98. The Labute approximate surface area is 135 Å². The lowest BCUT2D eigenvalue weighted by Crippen LogP contribution is -2.35. The van der Waals surface area contributed by atoms with Crippen LogP contribution in [0.4, 0.5) is 5.69 Å². The van der Waals surface area contributed by atoms with Crippen molar-refractivity contribution in [3.8, 4) is 0 Å². The van der Waals surface area contributed by atoms with Crippen LogP contribution in [-0.4, -0.2) is 22.9 Å². The standard InChI is InChI=1S/C19H19N3O/c23-19-17-9-3-1-7-16(17)14-20-22(19)13-12-21-11-5-8-15-6-2-4-10-18(15)21/h1-4,6-7,9-10,14H,5,8,11-13H2. The van der Waals surface area contributed by atoms with Gasteiger partial charge in [-0.05, 0) is 30.5 Å². The second kappa shape index (κ2) is 5.88. The van der Waals surface area contributed by atoms with E-state index in [2.05, 4.69) is 34.3 Å². The summed E-state index contributed by atoms with van der Waals surface area (Å²) in [4.78, 5) is 14.9. The number of nitrogens with zero attached hydrogens (tertiary/aromatic N) is 3. The van der Waals surface area contributed by atoms with Crippen LogP contribution in [0.15, 0.2) is 59.5 Å². The van der Waals surface area contributed by atoms with Gasteiger partial charge in [0.25, 0.3) is 5.56 Å². The van der Waals surface area contributed by atoms with E-state index >= 15 is 0 Å². The van der Waals surface area contributed by atoms with Crippen molar-refractivity contribution in [1.29, 1.82) is 0 Å². The Bertz CT molecular complexity index is 900. The van der Waals surface area contributed by atoms with Gasteiger partial charge in [0.05, 0.1) is 18.1 Å². The number of benzene rings is 2. The Balaban J connectivity index is 1.59. The van der Waals surface area contributed by atoms with Crippen LogP contribution in [-0.2, 0) is 13.0 Å². The quantitative estimate of drug-likeness (QED) is 0.747. The summed E-state index contributed by atoms with van der Waals surface area (Å²) in [6.45, 7) is 2.46. The van der Waals surface area contributed by atoms with E-state index in [0.717, 1.165) is 36.7 Å². The van der Waals surface area contributed by atoms with Crippen LogP contribution in [0.1, 0.15) is 12.0 Å². The molecule has 2 heterocycles. The molecule has 0 saturated carbocycles. The summed E-state index contributed by atoms with van der Waals surface area (Å²) in [5.74, 6) is 0. The predicted octanol–water partition coefficient (Wildman–Crippen LogP) is 2.85. The monoisotopic (exact) mass is 305 g/mol. The molecule has 4 rings (SSSR count). The van der Waals surface area contributed by atoms with E-state index in [0.29, 0.717) is 6.54 Å². The molecular weight excluding hydrogens is 286 g/mol. The predicted molar refractivity (Wildman–Crippen MR) is 93.0 cm³/mol. The molecule has 0 unspecified atom stereocenters. The molecule has 1 aliphatic heterocycles. The first-order valence-electron chi connectivity index (χ1n) is 8.11. The minimum absolute atomic E-state index is 0.00612. The molecule has 0 fully saturated rings. The Morgan fingerprint density at radius 3 is 2.78 bits per heavy atom. The molecule has 4 nitrogen and oxygen atoms in total. The average Bonchev–Trinajstić information content (AvgIpc) is 2.61.